The molecule has 0 fully saturated rings. The topological polar surface area (TPSA) is 51.6 Å². The van der Waals surface area contributed by atoms with Crippen LogP contribution in [0.5, 0.6) is 5.75 Å². The molecule has 0 radical (unpaired) electrons. The van der Waals surface area contributed by atoms with Crippen LogP contribution in [0.2, 0.25) is 0 Å². The summed E-state index contributed by atoms with van der Waals surface area (Å²) in [6.07, 6.45) is 1.14. The molecule has 4 nitrogen and oxygen atoms in total. The monoisotopic (exact) mass is 261 g/mol. The normalized spacial score (nSPS) is 12.8. The van der Waals surface area contributed by atoms with Gasteiger partial charge in [0.25, 0.3) is 0 Å². The van der Waals surface area contributed by atoms with Crippen LogP contribution in [-0.4, -0.2) is 35.5 Å². The molecule has 1 atom stereocenters. The van der Waals surface area contributed by atoms with E-state index in [1.54, 1.807) is 6.20 Å². The molecule has 0 aliphatic heterocycles. The van der Waals surface area contributed by atoms with E-state index in [2.05, 4.69) is 4.98 Å². The minimum Gasteiger partial charge on any atom is -0.489 e. The Morgan fingerprint density at radius 3 is 2.79 bits per heavy atom. The fraction of sp³-hybridized carbons (Fsp3) is 0.400. The van der Waals surface area contributed by atoms with Crippen molar-refractivity contribution in [3.05, 3.63) is 36.5 Å². The van der Waals surface area contributed by atoms with E-state index in [0.717, 1.165) is 10.9 Å². The number of aliphatic hydroxyl groups excluding tert-OH is 1. The van der Waals surface area contributed by atoms with E-state index in [-0.39, 0.29) is 19.3 Å². The lowest BCUT2D eigenvalue weighted by atomic mass is 10.2. The lowest BCUT2D eigenvalue weighted by Gasteiger charge is -2.14. The summed E-state index contributed by atoms with van der Waals surface area (Å²) < 4.78 is 10.8. The molecule has 1 heterocycles. The van der Waals surface area contributed by atoms with Gasteiger partial charge < -0.3 is 14.6 Å². The molecule has 2 rings (SSSR count). The molecular weight excluding hydrogens is 242 g/mol. The number of aliphatic hydroxyl groups is 1. The third-order valence-electron chi connectivity index (χ3n) is 2.63. The minimum absolute atomic E-state index is 0.108. The second-order valence-corrected chi connectivity index (χ2v) is 4.71. The summed E-state index contributed by atoms with van der Waals surface area (Å²) in [6, 6.07) is 9.75. The Hall–Kier alpha value is -1.65. The number of hydrogen-bond acceptors (Lipinski definition) is 4. The smallest absolute Gasteiger partial charge is 0.138 e. The van der Waals surface area contributed by atoms with Gasteiger partial charge in [-0.15, -0.1) is 0 Å². The van der Waals surface area contributed by atoms with Gasteiger partial charge in [0.05, 0.1) is 24.4 Å². The van der Waals surface area contributed by atoms with Crippen LogP contribution in [0.15, 0.2) is 36.5 Å². The largest absolute Gasteiger partial charge is 0.489 e. The average molecular weight is 261 g/mol. The number of para-hydroxylation sites is 1. The molecule has 0 saturated heterocycles. The molecule has 102 valence electrons. The highest BCUT2D eigenvalue weighted by Crippen LogP contribution is 2.17. The molecule has 0 aliphatic carbocycles. The first kappa shape index (κ1) is 13.8. The first-order valence-corrected chi connectivity index (χ1v) is 6.42. The predicted molar refractivity (Wildman–Crippen MR) is 74.3 cm³/mol. The van der Waals surface area contributed by atoms with Crippen LogP contribution >= 0.6 is 0 Å². The maximum absolute atomic E-state index is 9.70. The van der Waals surface area contributed by atoms with Crippen LogP contribution in [0.25, 0.3) is 10.9 Å². The summed E-state index contributed by atoms with van der Waals surface area (Å²) in [5.41, 5.74) is 0.929. The van der Waals surface area contributed by atoms with Gasteiger partial charge in [-0.05, 0) is 26.0 Å². The van der Waals surface area contributed by atoms with Gasteiger partial charge in [-0.1, -0.05) is 18.2 Å². The highest BCUT2D eigenvalue weighted by molar-refractivity contribution is 5.79. The van der Waals surface area contributed by atoms with E-state index in [4.69, 9.17) is 9.47 Å². The third-order valence-corrected chi connectivity index (χ3v) is 2.63. The van der Waals surface area contributed by atoms with E-state index >= 15 is 0 Å². The quantitative estimate of drug-likeness (QED) is 0.867. The van der Waals surface area contributed by atoms with Gasteiger partial charge in [0, 0.05) is 5.39 Å². The number of hydrogen-bond donors (Lipinski definition) is 1. The molecule has 2 aromatic rings. The van der Waals surface area contributed by atoms with E-state index in [1.807, 2.05) is 44.2 Å². The van der Waals surface area contributed by atoms with E-state index in [0.29, 0.717) is 5.75 Å². The van der Waals surface area contributed by atoms with E-state index in [9.17, 15) is 5.11 Å². The van der Waals surface area contributed by atoms with Crippen molar-refractivity contribution in [2.24, 2.45) is 0 Å². The van der Waals surface area contributed by atoms with Crippen LogP contribution in [0.1, 0.15) is 13.8 Å². The molecule has 0 spiro atoms. The Morgan fingerprint density at radius 2 is 2.00 bits per heavy atom. The van der Waals surface area contributed by atoms with Gasteiger partial charge in [0.15, 0.2) is 0 Å². The maximum Gasteiger partial charge on any atom is 0.138 e. The first-order valence-electron chi connectivity index (χ1n) is 6.42. The standard InChI is InChI=1S/C15H19NO3/c1-11(2)18-9-13(17)10-19-14-7-12-5-3-4-6-15(12)16-8-14/h3-8,11,13,17H,9-10H2,1-2H3. The van der Waals surface area contributed by atoms with Crippen LogP contribution in [0.4, 0.5) is 0 Å². The van der Waals surface area contributed by atoms with Gasteiger partial charge >= 0.3 is 0 Å². The molecule has 0 bridgehead atoms. The molecule has 1 aromatic heterocycles. The van der Waals surface area contributed by atoms with Crippen LogP contribution in [0.3, 0.4) is 0 Å². The minimum atomic E-state index is -0.631. The summed E-state index contributed by atoms with van der Waals surface area (Å²) in [7, 11) is 0. The van der Waals surface area contributed by atoms with Gasteiger partial charge in [0.1, 0.15) is 18.5 Å². The summed E-state index contributed by atoms with van der Waals surface area (Å²) in [6.45, 7) is 4.34. The fourth-order valence-electron chi connectivity index (χ4n) is 1.67. The van der Waals surface area contributed by atoms with Gasteiger partial charge in [0.2, 0.25) is 0 Å². The molecule has 1 aromatic carbocycles. The number of fused-ring (bicyclic) bond motifs is 1. The zero-order valence-electron chi connectivity index (χ0n) is 11.2. The lowest BCUT2D eigenvalue weighted by Crippen LogP contribution is -2.25. The number of benzene rings is 1. The number of nitrogens with zero attached hydrogens (tertiary/aromatic N) is 1. The van der Waals surface area contributed by atoms with Gasteiger partial charge in [-0.3, -0.25) is 4.98 Å². The van der Waals surface area contributed by atoms with Crippen LogP contribution in [-0.2, 0) is 4.74 Å². The Balaban J connectivity index is 1.90. The Labute approximate surface area is 113 Å². The second-order valence-electron chi connectivity index (χ2n) is 4.71. The highest BCUT2D eigenvalue weighted by atomic mass is 16.5. The zero-order chi connectivity index (χ0) is 13.7. The molecule has 0 amide bonds. The average Bonchev–Trinajstić information content (AvgIpc) is 2.42. The van der Waals surface area contributed by atoms with Crippen molar-refractivity contribution in [1.29, 1.82) is 0 Å². The first-order chi connectivity index (χ1) is 9.15. The third kappa shape index (κ3) is 4.19. The molecule has 4 heteroatoms. The fourth-order valence-corrected chi connectivity index (χ4v) is 1.67. The number of pyridine rings is 1. The van der Waals surface area contributed by atoms with Crippen molar-refractivity contribution < 1.29 is 14.6 Å². The highest BCUT2D eigenvalue weighted by Gasteiger charge is 2.07. The summed E-state index contributed by atoms with van der Waals surface area (Å²) >= 11 is 0. The van der Waals surface area contributed by atoms with Crippen molar-refractivity contribution in [3.8, 4) is 5.75 Å². The molecule has 0 aliphatic rings. The van der Waals surface area contributed by atoms with Crippen molar-refractivity contribution in [1.82, 2.24) is 4.98 Å². The van der Waals surface area contributed by atoms with Crippen molar-refractivity contribution >= 4 is 10.9 Å². The Morgan fingerprint density at radius 1 is 1.21 bits per heavy atom. The summed E-state index contributed by atoms with van der Waals surface area (Å²) in [5, 5.41) is 10.7. The molecule has 1 N–H and O–H groups in total. The van der Waals surface area contributed by atoms with Crippen LogP contribution in [0, 0.1) is 0 Å². The zero-order valence-corrected chi connectivity index (χ0v) is 11.2. The van der Waals surface area contributed by atoms with Crippen molar-refractivity contribution in [2.45, 2.75) is 26.1 Å². The maximum atomic E-state index is 9.70. The van der Waals surface area contributed by atoms with Crippen molar-refractivity contribution in [2.75, 3.05) is 13.2 Å². The number of ether oxygens (including phenoxy) is 2. The molecule has 19 heavy (non-hydrogen) atoms. The van der Waals surface area contributed by atoms with E-state index < -0.39 is 6.10 Å². The number of aromatic nitrogens is 1. The Kier molecular flexibility index (Phi) is 4.71. The van der Waals surface area contributed by atoms with Gasteiger partial charge in [-0.2, -0.15) is 0 Å². The molecular formula is C15H19NO3. The van der Waals surface area contributed by atoms with Gasteiger partial charge in [-0.25, -0.2) is 0 Å². The summed E-state index contributed by atoms with van der Waals surface area (Å²) in [5.74, 6) is 0.655. The molecule has 1 unspecified atom stereocenters. The summed E-state index contributed by atoms with van der Waals surface area (Å²) in [4.78, 5) is 4.30. The van der Waals surface area contributed by atoms with Crippen molar-refractivity contribution in [3.63, 3.8) is 0 Å². The second kappa shape index (κ2) is 6.50. The van der Waals surface area contributed by atoms with Crippen LogP contribution < -0.4 is 4.74 Å². The predicted octanol–water partition coefficient (Wildman–Crippen LogP) is 2.40. The SMILES string of the molecule is CC(C)OCC(O)COc1cnc2ccccc2c1. The number of rotatable bonds is 6. The lowest BCUT2D eigenvalue weighted by molar-refractivity contribution is -0.0123. The van der Waals surface area contributed by atoms with E-state index in [1.165, 1.54) is 0 Å². The Bertz CT molecular complexity index is 528. The molecule has 0 saturated carbocycles.